The van der Waals surface area contributed by atoms with Gasteiger partial charge >= 0.3 is 12.2 Å². The number of methoxy groups -OCH3 is 1. The summed E-state index contributed by atoms with van der Waals surface area (Å²) in [6.45, 7) is 0. The summed E-state index contributed by atoms with van der Waals surface area (Å²) in [6.07, 6.45) is 4.48. The minimum atomic E-state index is -0.571. The van der Waals surface area contributed by atoms with Crippen LogP contribution in [0.5, 0.6) is 5.75 Å². The van der Waals surface area contributed by atoms with E-state index in [4.69, 9.17) is 4.74 Å². The van der Waals surface area contributed by atoms with Gasteiger partial charge in [-0.1, -0.05) is 25.3 Å². The molecule has 6 nitrogen and oxygen atoms in total. The van der Waals surface area contributed by atoms with E-state index in [0.717, 1.165) is 25.7 Å². The van der Waals surface area contributed by atoms with Gasteiger partial charge in [-0.3, -0.25) is 5.32 Å². The van der Waals surface area contributed by atoms with Crippen molar-refractivity contribution in [2.75, 3.05) is 12.4 Å². The van der Waals surface area contributed by atoms with Crippen LogP contribution in [0.2, 0.25) is 0 Å². The van der Waals surface area contributed by atoms with E-state index in [9.17, 15) is 9.59 Å². The van der Waals surface area contributed by atoms with Crippen LogP contribution in [-0.4, -0.2) is 25.3 Å². The highest BCUT2D eigenvalue weighted by molar-refractivity contribution is 5.84. The molecule has 6 heteroatoms. The van der Waals surface area contributed by atoms with Gasteiger partial charge in [0.05, 0.1) is 7.11 Å². The first kappa shape index (κ1) is 15.2. The Balaban J connectivity index is 1.87. The molecule has 1 saturated carbocycles. The van der Waals surface area contributed by atoms with Crippen molar-refractivity contribution in [2.24, 2.45) is 0 Å². The molecule has 1 aromatic rings. The first-order chi connectivity index (χ1) is 10.2. The van der Waals surface area contributed by atoms with Gasteiger partial charge < -0.3 is 14.8 Å². The summed E-state index contributed by atoms with van der Waals surface area (Å²) < 4.78 is 9.74. The normalized spacial score (nSPS) is 15.1. The Kier molecular flexibility index (Phi) is 5.43. The van der Waals surface area contributed by atoms with E-state index in [1.807, 2.05) is 0 Å². The molecule has 0 heterocycles. The van der Waals surface area contributed by atoms with Gasteiger partial charge in [-0.05, 0) is 25.0 Å². The van der Waals surface area contributed by atoms with Gasteiger partial charge in [0.1, 0.15) is 5.75 Å². The maximum Gasteiger partial charge on any atom is 0.412 e. The number of rotatable bonds is 3. The molecular weight excluding hydrogens is 272 g/mol. The maximum atomic E-state index is 11.8. The topological polar surface area (TPSA) is 76.7 Å². The smallest absolute Gasteiger partial charge is 0.412 e. The predicted molar refractivity (Wildman–Crippen MR) is 78.5 cm³/mol. The van der Waals surface area contributed by atoms with Crippen LogP contribution in [0.1, 0.15) is 32.1 Å². The first-order valence-corrected chi connectivity index (χ1v) is 7.11. The number of amides is 2. The van der Waals surface area contributed by atoms with Crippen molar-refractivity contribution in [2.45, 2.75) is 38.1 Å². The van der Waals surface area contributed by atoms with Crippen LogP contribution in [-0.2, 0) is 4.74 Å². The third kappa shape index (κ3) is 4.98. The monoisotopic (exact) mass is 292 g/mol. The highest BCUT2D eigenvalue weighted by atomic mass is 16.6. The third-order valence-corrected chi connectivity index (χ3v) is 3.40. The van der Waals surface area contributed by atoms with Gasteiger partial charge in [-0.15, -0.1) is 0 Å². The Labute approximate surface area is 123 Å². The second kappa shape index (κ2) is 7.52. The van der Waals surface area contributed by atoms with Crippen molar-refractivity contribution in [1.29, 1.82) is 0 Å². The van der Waals surface area contributed by atoms with E-state index < -0.39 is 12.2 Å². The van der Waals surface area contributed by atoms with Crippen molar-refractivity contribution in [3.8, 4) is 5.75 Å². The zero-order chi connectivity index (χ0) is 15.1. The largest absolute Gasteiger partial charge is 0.453 e. The summed E-state index contributed by atoms with van der Waals surface area (Å²) in [5.74, 6) is 0.372. The average Bonchev–Trinajstić information content (AvgIpc) is 2.48. The van der Waals surface area contributed by atoms with Gasteiger partial charge in [0.25, 0.3) is 0 Å². The molecule has 0 saturated heterocycles. The van der Waals surface area contributed by atoms with E-state index in [2.05, 4.69) is 15.4 Å². The second-order valence-electron chi connectivity index (χ2n) is 5.01. The number of hydrogen-bond donors (Lipinski definition) is 2. The highest BCUT2D eigenvalue weighted by Gasteiger charge is 2.16. The van der Waals surface area contributed by atoms with Crippen molar-refractivity contribution in [1.82, 2.24) is 5.32 Å². The van der Waals surface area contributed by atoms with Crippen LogP contribution in [0.15, 0.2) is 24.3 Å². The molecule has 21 heavy (non-hydrogen) atoms. The van der Waals surface area contributed by atoms with Crippen LogP contribution < -0.4 is 15.4 Å². The molecule has 2 N–H and O–H groups in total. The summed E-state index contributed by atoms with van der Waals surface area (Å²) >= 11 is 0. The molecule has 0 aromatic heterocycles. The molecule has 1 fully saturated rings. The summed E-state index contributed by atoms with van der Waals surface area (Å²) in [5.41, 5.74) is 0.504. The Morgan fingerprint density at radius 3 is 2.62 bits per heavy atom. The van der Waals surface area contributed by atoms with E-state index in [1.165, 1.54) is 13.5 Å². The quantitative estimate of drug-likeness (QED) is 0.896. The Morgan fingerprint density at radius 1 is 1.14 bits per heavy atom. The fourth-order valence-corrected chi connectivity index (χ4v) is 2.36. The number of benzene rings is 1. The van der Waals surface area contributed by atoms with Gasteiger partial charge in [0, 0.05) is 17.8 Å². The third-order valence-electron chi connectivity index (χ3n) is 3.40. The molecule has 1 aliphatic rings. The molecule has 2 rings (SSSR count). The fraction of sp³-hybridized carbons (Fsp3) is 0.467. The molecule has 0 bridgehead atoms. The zero-order valence-electron chi connectivity index (χ0n) is 12.1. The van der Waals surface area contributed by atoms with Gasteiger partial charge in [-0.2, -0.15) is 0 Å². The van der Waals surface area contributed by atoms with Crippen molar-refractivity contribution in [3.63, 3.8) is 0 Å². The van der Waals surface area contributed by atoms with E-state index in [0.29, 0.717) is 11.4 Å². The maximum absolute atomic E-state index is 11.8. The van der Waals surface area contributed by atoms with Crippen molar-refractivity contribution in [3.05, 3.63) is 24.3 Å². The summed E-state index contributed by atoms with van der Waals surface area (Å²) in [7, 11) is 1.29. The molecule has 1 aromatic carbocycles. The van der Waals surface area contributed by atoms with Crippen LogP contribution in [0.4, 0.5) is 15.3 Å². The van der Waals surface area contributed by atoms with Crippen molar-refractivity contribution < 1.29 is 19.1 Å². The van der Waals surface area contributed by atoms with Crippen LogP contribution >= 0.6 is 0 Å². The minimum absolute atomic E-state index is 0.197. The highest BCUT2D eigenvalue weighted by Crippen LogP contribution is 2.19. The molecule has 0 atom stereocenters. The van der Waals surface area contributed by atoms with Gasteiger partial charge in [0.2, 0.25) is 0 Å². The summed E-state index contributed by atoms with van der Waals surface area (Å²) in [6, 6.07) is 6.79. The molecule has 0 radical (unpaired) electrons. The van der Waals surface area contributed by atoms with E-state index in [1.54, 1.807) is 24.3 Å². The molecule has 0 aliphatic heterocycles. The van der Waals surface area contributed by atoms with Gasteiger partial charge in [0.15, 0.2) is 0 Å². The SMILES string of the molecule is COC(=O)Nc1cccc(OC(=O)NC2CCCCC2)c1. The number of hydrogen-bond acceptors (Lipinski definition) is 4. The summed E-state index contributed by atoms with van der Waals surface area (Å²) in [4.78, 5) is 22.9. The minimum Gasteiger partial charge on any atom is -0.453 e. The fourth-order valence-electron chi connectivity index (χ4n) is 2.36. The lowest BCUT2D eigenvalue weighted by molar-refractivity contribution is 0.187. The number of carbonyl (C=O) groups excluding carboxylic acids is 2. The van der Waals surface area contributed by atoms with Crippen LogP contribution in [0.25, 0.3) is 0 Å². The lowest BCUT2D eigenvalue weighted by atomic mass is 9.96. The summed E-state index contributed by atoms with van der Waals surface area (Å²) in [5, 5.41) is 5.38. The molecule has 1 aliphatic carbocycles. The molecule has 2 amide bonds. The van der Waals surface area contributed by atoms with E-state index >= 15 is 0 Å². The van der Waals surface area contributed by atoms with E-state index in [-0.39, 0.29) is 6.04 Å². The lowest BCUT2D eigenvalue weighted by Crippen LogP contribution is -2.38. The van der Waals surface area contributed by atoms with Crippen LogP contribution in [0.3, 0.4) is 0 Å². The molecule has 0 unspecified atom stereocenters. The van der Waals surface area contributed by atoms with Crippen LogP contribution in [0, 0.1) is 0 Å². The predicted octanol–water partition coefficient (Wildman–Crippen LogP) is 3.29. The van der Waals surface area contributed by atoms with Gasteiger partial charge in [-0.25, -0.2) is 9.59 Å². The molecule has 0 spiro atoms. The number of carbonyl (C=O) groups is 2. The zero-order valence-corrected chi connectivity index (χ0v) is 12.1. The molecular formula is C15H20N2O4. The Hall–Kier alpha value is -2.24. The standard InChI is InChI=1S/C15H20N2O4/c1-20-14(18)17-12-8-5-9-13(10-12)21-15(19)16-11-6-3-2-4-7-11/h5,8-11H,2-4,6-7H2,1H3,(H,16,19)(H,17,18). The molecule has 114 valence electrons. The lowest BCUT2D eigenvalue weighted by Gasteiger charge is -2.22. The Morgan fingerprint density at radius 2 is 1.90 bits per heavy atom. The second-order valence-corrected chi connectivity index (χ2v) is 5.01. The Bertz CT molecular complexity index is 498. The number of nitrogens with one attached hydrogen (secondary N) is 2. The average molecular weight is 292 g/mol. The number of ether oxygens (including phenoxy) is 2. The number of anilines is 1. The van der Waals surface area contributed by atoms with Crippen molar-refractivity contribution >= 4 is 17.9 Å². The first-order valence-electron chi connectivity index (χ1n) is 7.11.